The Morgan fingerprint density at radius 2 is 2.08 bits per heavy atom. The summed E-state index contributed by atoms with van der Waals surface area (Å²) in [7, 11) is 0. The summed E-state index contributed by atoms with van der Waals surface area (Å²) in [6.45, 7) is 4.00. The summed E-state index contributed by atoms with van der Waals surface area (Å²) >= 11 is 6.63. The van der Waals surface area contributed by atoms with Crippen LogP contribution in [0, 0.1) is 0 Å². The molecule has 0 bridgehead atoms. The molecule has 0 radical (unpaired) electrons. The molecule has 0 unspecified atom stereocenters. The van der Waals surface area contributed by atoms with Crippen molar-refractivity contribution in [2.45, 2.75) is 0 Å². The van der Waals surface area contributed by atoms with Crippen molar-refractivity contribution in [2.24, 2.45) is 5.10 Å². The molecule has 0 atom stereocenters. The van der Waals surface area contributed by atoms with Gasteiger partial charge in [0.05, 0.1) is 17.5 Å². The lowest BCUT2D eigenvalue weighted by Crippen LogP contribution is -2.19. The number of nitrogens with two attached hydrogens (primary N) is 1. The number of carbonyl (C=O) groups is 1. The summed E-state index contributed by atoms with van der Waals surface area (Å²) in [5.74, 6) is 0.246. The molecule has 5 nitrogen and oxygen atoms in total. The minimum atomic E-state index is -0.407. The second-order valence-electron chi connectivity index (χ2n) is 4.69. The number of para-hydroxylation sites is 1. The van der Waals surface area contributed by atoms with Gasteiger partial charge in [0.25, 0.3) is 5.91 Å². The molecule has 2 aromatic rings. The maximum atomic E-state index is 12.2. The van der Waals surface area contributed by atoms with Gasteiger partial charge in [0.1, 0.15) is 12.4 Å². The smallest absolute Gasteiger partial charge is 0.273 e. The number of amides is 1. The summed E-state index contributed by atoms with van der Waals surface area (Å²) in [5, 5.41) is 3.97. The highest BCUT2D eigenvalue weighted by Gasteiger charge is 2.12. The number of benzene rings is 2. The molecule has 7 heteroatoms. The molecule has 0 spiro atoms. The monoisotopic (exact) mass is 451 g/mol. The van der Waals surface area contributed by atoms with E-state index in [1.54, 1.807) is 18.2 Å². The lowest BCUT2D eigenvalue weighted by atomic mass is 10.2. The minimum Gasteiger partial charge on any atom is -0.489 e. The second kappa shape index (κ2) is 8.65. The van der Waals surface area contributed by atoms with E-state index in [1.807, 2.05) is 24.3 Å². The Balaban J connectivity index is 2.12. The zero-order chi connectivity index (χ0) is 17.5. The molecule has 2 aromatic carbocycles. The van der Waals surface area contributed by atoms with E-state index in [0.717, 1.165) is 10.0 Å². The minimum absolute atomic E-state index is 0.324. The fourth-order valence-electron chi connectivity index (χ4n) is 1.86. The second-order valence-corrected chi connectivity index (χ2v) is 6.46. The quantitative estimate of drug-likeness (QED) is 0.299. The van der Waals surface area contributed by atoms with Crippen LogP contribution in [-0.2, 0) is 0 Å². The Kier molecular flexibility index (Phi) is 6.57. The molecular weight excluding hydrogens is 438 g/mol. The van der Waals surface area contributed by atoms with Crippen molar-refractivity contribution in [1.82, 2.24) is 5.43 Å². The number of carbonyl (C=O) groups excluding carboxylic acids is 1. The van der Waals surface area contributed by atoms with Crippen LogP contribution in [0.15, 0.2) is 63.1 Å². The zero-order valence-corrected chi connectivity index (χ0v) is 15.8. The third kappa shape index (κ3) is 4.69. The number of ether oxygens (including phenoxy) is 1. The first kappa shape index (κ1) is 18.2. The first-order chi connectivity index (χ1) is 11.5. The zero-order valence-electron chi connectivity index (χ0n) is 12.6. The van der Waals surface area contributed by atoms with Gasteiger partial charge in [0, 0.05) is 14.5 Å². The van der Waals surface area contributed by atoms with Crippen molar-refractivity contribution in [3.63, 3.8) is 0 Å². The Labute approximate surface area is 156 Å². The van der Waals surface area contributed by atoms with Gasteiger partial charge < -0.3 is 10.5 Å². The summed E-state index contributed by atoms with van der Waals surface area (Å²) in [5.41, 5.74) is 9.77. The third-order valence-corrected chi connectivity index (χ3v) is 4.10. The highest BCUT2D eigenvalue weighted by Crippen LogP contribution is 2.28. The molecule has 0 aromatic heterocycles. The highest BCUT2D eigenvalue weighted by atomic mass is 79.9. The van der Waals surface area contributed by atoms with Crippen LogP contribution in [0.3, 0.4) is 0 Å². The van der Waals surface area contributed by atoms with Crippen LogP contribution in [0.1, 0.15) is 15.9 Å². The number of hydrazone groups is 1. The van der Waals surface area contributed by atoms with E-state index >= 15 is 0 Å². The molecule has 0 saturated carbocycles. The largest absolute Gasteiger partial charge is 0.489 e. The van der Waals surface area contributed by atoms with Gasteiger partial charge >= 0.3 is 0 Å². The SMILES string of the molecule is C=CCOc1ccccc1C=NNC(=O)c1cc(Br)cc(Br)c1N. The molecule has 124 valence electrons. The van der Waals surface area contributed by atoms with Crippen molar-refractivity contribution in [3.8, 4) is 5.75 Å². The average molecular weight is 453 g/mol. The maximum Gasteiger partial charge on any atom is 0.273 e. The standard InChI is InChI=1S/C17H15Br2N3O2/c1-2-7-24-15-6-4-3-5-11(15)10-21-22-17(23)13-8-12(18)9-14(19)16(13)20/h2-6,8-10H,1,7,20H2,(H,22,23). The van der Waals surface area contributed by atoms with Crippen LogP contribution in [0.4, 0.5) is 5.69 Å². The van der Waals surface area contributed by atoms with Gasteiger partial charge in [-0.1, -0.05) is 40.7 Å². The number of anilines is 1. The van der Waals surface area contributed by atoms with E-state index in [2.05, 4.69) is 49.0 Å². The molecule has 0 fully saturated rings. The Bertz CT molecular complexity index is 791. The van der Waals surface area contributed by atoms with Crippen molar-refractivity contribution < 1.29 is 9.53 Å². The van der Waals surface area contributed by atoms with Crippen LogP contribution in [-0.4, -0.2) is 18.7 Å². The molecule has 1 amide bonds. The van der Waals surface area contributed by atoms with Gasteiger partial charge in [-0.25, -0.2) is 5.43 Å². The fourth-order valence-corrected chi connectivity index (χ4v) is 3.09. The van der Waals surface area contributed by atoms with E-state index in [9.17, 15) is 4.79 Å². The van der Waals surface area contributed by atoms with Crippen LogP contribution in [0.2, 0.25) is 0 Å². The first-order valence-corrected chi connectivity index (χ1v) is 8.52. The van der Waals surface area contributed by atoms with Gasteiger partial charge in [0.15, 0.2) is 0 Å². The summed E-state index contributed by atoms with van der Waals surface area (Å²) < 4.78 is 6.90. The van der Waals surface area contributed by atoms with Crippen molar-refractivity contribution in [3.05, 3.63) is 69.1 Å². The lowest BCUT2D eigenvalue weighted by molar-refractivity contribution is 0.0956. The van der Waals surface area contributed by atoms with Crippen molar-refractivity contribution in [1.29, 1.82) is 0 Å². The lowest BCUT2D eigenvalue weighted by Gasteiger charge is -2.08. The molecule has 2 rings (SSSR count). The Morgan fingerprint density at radius 1 is 1.33 bits per heavy atom. The van der Waals surface area contributed by atoms with Gasteiger partial charge in [0.2, 0.25) is 0 Å². The number of hydrogen-bond donors (Lipinski definition) is 2. The van der Waals surface area contributed by atoms with Crippen molar-refractivity contribution >= 4 is 49.7 Å². The van der Waals surface area contributed by atoms with E-state index in [1.165, 1.54) is 6.21 Å². The molecular formula is C17H15Br2N3O2. The highest BCUT2D eigenvalue weighted by molar-refractivity contribution is 9.11. The van der Waals surface area contributed by atoms with Crippen molar-refractivity contribution in [2.75, 3.05) is 12.3 Å². The number of nitrogens with zero attached hydrogens (tertiary/aromatic N) is 1. The third-order valence-electron chi connectivity index (χ3n) is 2.98. The fraction of sp³-hybridized carbons (Fsp3) is 0.0588. The Morgan fingerprint density at radius 3 is 2.83 bits per heavy atom. The summed E-state index contributed by atoms with van der Waals surface area (Å²) in [6.07, 6.45) is 3.17. The number of nitrogen functional groups attached to an aromatic ring is 1. The molecule has 0 aliphatic rings. The number of halogens is 2. The van der Waals surface area contributed by atoms with E-state index < -0.39 is 5.91 Å². The molecule has 24 heavy (non-hydrogen) atoms. The topological polar surface area (TPSA) is 76.7 Å². The Hall–Kier alpha value is -2.12. The van der Waals surface area contributed by atoms with Gasteiger partial charge in [-0.3, -0.25) is 4.79 Å². The molecule has 0 aliphatic heterocycles. The van der Waals surface area contributed by atoms with Crippen LogP contribution in [0.5, 0.6) is 5.75 Å². The number of nitrogens with one attached hydrogen (secondary N) is 1. The van der Waals surface area contributed by atoms with E-state index in [-0.39, 0.29) is 0 Å². The first-order valence-electron chi connectivity index (χ1n) is 6.93. The van der Waals surface area contributed by atoms with E-state index in [0.29, 0.717) is 28.1 Å². The molecule has 0 aliphatic carbocycles. The average Bonchev–Trinajstić information content (AvgIpc) is 2.57. The predicted molar refractivity (Wildman–Crippen MR) is 103 cm³/mol. The number of hydrogen-bond acceptors (Lipinski definition) is 4. The molecule has 0 heterocycles. The van der Waals surface area contributed by atoms with Gasteiger partial charge in [-0.15, -0.1) is 0 Å². The van der Waals surface area contributed by atoms with Gasteiger partial charge in [-0.2, -0.15) is 5.10 Å². The molecule has 0 saturated heterocycles. The van der Waals surface area contributed by atoms with Crippen LogP contribution >= 0.6 is 31.9 Å². The summed E-state index contributed by atoms with van der Waals surface area (Å²) in [6, 6.07) is 10.8. The maximum absolute atomic E-state index is 12.2. The summed E-state index contributed by atoms with van der Waals surface area (Å²) in [4.78, 5) is 12.2. The normalized spacial score (nSPS) is 10.6. The van der Waals surface area contributed by atoms with Crippen LogP contribution < -0.4 is 15.9 Å². The van der Waals surface area contributed by atoms with E-state index in [4.69, 9.17) is 10.5 Å². The number of rotatable bonds is 6. The van der Waals surface area contributed by atoms with Crippen LogP contribution in [0.25, 0.3) is 0 Å². The predicted octanol–water partition coefficient (Wildman–Crippen LogP) is 4.12. The van der Waals surface area contributed by atoms with Gasteiger partial charge in [-0.05, 0) is 40.2 Å². The molecule has 3 N–H and O–H groups in total.